The molecule has 4 nitrogen and oxygen atoms in total. The molecule has 1 unspecified atom stereocenters. The van der Waals surface area contributed by atoms with Gasteiger partial charge in [-0.3, -0.25) is 4.90 Å². The lowest BCUT2D eigenvalue weighted by molar-refractivity contribution is 0.263. The Kier molecular flexibility index (Phi) is 4.06. The van der Waals surface area contributed by atoms with Gasteiger partial charge in [-0.05, 0) is 58.3 Å². The smallest absolute Gasteiger partial charge is 0.158 e. The molecule has 0 radical (unpaired) electrons. The highest BCUT2D eigenvalue weighted by Crippen LogP contribution is 2.28. The second-order valence-corrected chi connectivity index (χ2v) is 6.17. The van der Waals surface area contributed by atoms with E-state index in [0.717, 1.165) is 11.4 Å². The van der Waals surface area contributed by atoms with Crippen molar-refractivity contribution in [3.8, 4) is 11.4 Å². The van der Waals surface area contributed by atoms with Crippen LogP contribution in [0.4, 0.5) is 0 Å². The Morgan fingerprint density at radius 2 is 1.86 bits per heavy atom. The van der Waals surface area contributed by atoms with Crippen LogP contribution in [-0.4, -0.2) is 32.8 Å². The van der Waals surface area contributed by atoms with E-state index < -0.39 is 0 Å². The van der Waals surface area contributed by atoms with Crippen LogP contribution in [0.15, 0.2) is 30.6 Å². The number of hydrogen-bond acceptors (Lipinski definition) is 3. The lowest BCUT2D eigenvalue weighted by atomic mass is 10.0. The van der Waals surface area contributed by atoms with Crippen LogP contribution in [0.1, 0.15) is 51.3 Å². The summed E-state index contributed by atoms with van der Waals surface area (Å²) in [6.07, 6.45) is 4.29. The summed E-state index contributed by atoms with van der Waals surface area (Å²) in [6, 6.07) is 9.55. The highest BCUT2D eigenvalue weighted by Gasteiger charge is 2.20. The number of aromatic nitrogens is 3. The molecule has 1 saturated heterocycles. The van der Waals surface area contributed by atoms with Crippen molar-refractivity contribution in [2.24, 2.45) is 0 Å². The summed E-state index contributed by atoms with van der Waals surface area (Å²) in [4.78, 5) is 7.01. The van der Waals surface area contributed by atoms with Gasteiger partial charge in [0.25, 0.3) is 0 Å². The van der Waals surface area contributed by atoms with Gasteiger partial charge in [0.2, 0.25) is 0 Å². The van der Waals surface area contributed by atoms with Crippen LogP contribution in [0.3, 0.4) is 0 Å². The van der Waals surface area contributed by atoms with E-state index in [1.54, 1.807) is 6.33 Å². The molecule has 2 aromatic rings. The van der Waals surface area contributed by atoms with Crippen LogP contribution >= 0.6 is 0 Å². The summed E-state index contributed by atoms with van der Waals surface area (Å²) in [5.41, 5.74) is 2.53. The third-order valence-electron chi connectivity index (χ3n) is 4.38. The fourth-order valence-electron chi connectivity index (χ4n) is 3.11. The zero-order valence-corrected chi connectivity index (χ0v) is 13.2. The van der Waals surface area contributed by atoms with Gasteiger partial charge in [0.05, 0.1) is 0 Å². The van der Waals surface area contributed by atoms with Crippen molar-refractivity contribution < 1.29 is 0 Å². The van der Waals surface area contributed by atoms with Gasteiger partial charge >= 0.3 is 0 Å². The maximum absolute atomic E-state index is 4.44. The van der Waals surface area contributed by atoms with Crippen LogP contribution in [-0.2, 0) is 0 Å². The van der Waals surface area contributed by atoms with Gasteiger partial charge in [-0.1, -0.05) is 18.2 Å². The molecule has 2 heterocycles. The number of nitrogens with zero attached hydrogens (tertiary/aromatic N) is 4. The quantitative estimate of drug-likeness (QED) is 0.858. The summed E-state index contributed by atoms with van der Waals surface area (Å²) >= 11 is 0. The third kappa shape index (κ3) is 2.86. The highest BCUT2D eigenvalue weighted by molar-refractivity contribution is 5.56. The average molecular weight is 284 g/mol. The summed E-state index contributed by atoms with van der Waals surface area (Å²) in [7, 11) is 0. The molecule has 1 aromatic carbocycles. The summed E-state index contributed by atoms with van der Waals surface area (Å²) in [5.74, 6) is 0.959. The Balaban J connectivity index is 1.90. The molecule has 0 spiro atoms. The fourth-order valence-corrected chi connectivity index (χ4v) is 3.11. The van der Waals surface area contributed by atoms with Crippen molar-refractivity contribution in [3.05, 3.63) is 36.2 Å². The van der Waals surface area contributed by atoms with Gasteiger partial charge in [-0.15, -0.1) is 0 Å². The average Bonchev–Trinajstić information content (AvgIpc) is 3.17. The van der Waals surface area contributed by atoms with E-state index in [1.807, 2.05) is 4.68 Å². The van der Waals surface area contributed by atoms with Gasteiger partial charge in [-0.25, -0.2) is 9.67 Å². The molecule has 21 heavy (non-hydrogen) atoms. The molecule has 3 rings (SSSR count). The standard InChI is InChI=1S/C17H24N4/c1-13(2)21-17(18-12-19-21)16-8-6-7-15(11-16)14(3)20-9-4-5-10-20/h6-8,11-14H,4-5,9-10H2,1-3H3. The Bertz CT molecular complexity index is 596. The molecule has 1 aromatic heterocycles. The Morgan fingerprint density at radius 3 is 2.57 bits per heavy atom. The van der Waals surface area contributed by atoms with Crippen LogP contribution in [0, 0.1) is 0 Å². The molecule has 0 bridgehead atoms. The van der Waals surface area contributed by atoms with E-state index in [2.05, 4.69) is 60.0 Å². The van der Waals surface area contributed by atoms with Gasteiger partial charge in [-0.2, -0.15) is 5.10 Å². The van der Waals surface area contributed by atoms with E-state index in [1.165, 1.54) is 31.5 Å². The van der Waals surface area contributed by atoms with Gasteiger partial charge in [0.15, 0.2) is 5.82 Å². The lowest BCUT2D eigenvalue weighted by Crippen LogP contribution is -2.23. The number of hydrogen-bond donors (Lipinski definition) is 0. The summed E-state index contributed by atoms with van der Waals surface area (Å²) in [6.45, 7) is 9.00. The SMILES string of the molecule is CC(c1cccc(-c2ncnn2C(C)C)c1)N1CCCC1. The summed E-state index contributed by atoms with van der Waals surface area (Å²) in [5, 5.41) is 4.34. The predicted octanol–water partition coefficient (Wildman–Crippen LogP) is 3.68. The van der Waals surface area contributed by atoms with E-state index in [0.29, 0.717) is 12.1 Å². The van der Waals surface area contributed by atoms with E-state index in [4.69, 9.17) is 0 Å². The first-order valence-electron chi connectivity index (χ1n) is 7.90. The second kappa shape index (κ2) is 5.98. The maximum Gasteiger partial charge on any atom is 0.158 e. The van der Waals surface area contributed by atoms with E-state index >= 15 is 0 Å². The van der Waals surface area contributed by atoms with E-state index in [9.17, 15) is 0 Å². The van der Waals surface area contributed by atoms with Crippen molar-refractivity contribution in [1.82, 2.24) is 19.7 Å². The number of benzene rings is 1. The lowest BCUT2D eigenvalue weighted by Gasteiger charge is -2.24. The van der Waals surface area contributed by atoms with Crippen LogP contribution in [0.25, 0.3) is 11.4 Å². The van der Waals surface area contributed by atoms with Gasteiger partial charge in [0.1, 0.15) is 6.33 Å². The monoisotopic (exact) mass is 284 g/mol. The number of rotatable bonds is 4. The van der Waals surface area contributed by atoms with Crippen molar-refractivity contribution >= 4 is 0 Å². The van der Waals surface area contributed by atoms with Crippen molar-refractivity contribution in [1.29, 1.82) is 0 Å². The van der Waals surface area contributed by atoms with Crippen LogP contribution in [0.5, 0.6) is 0 Å². The second-order valence-electron chi connectivity index (χ2n) is 6.17. The first-order chi connectivity index (χ1) is 10.2. The fraction of sp³-hybridized carbons (Fsp3) is 0.529. The minimum Gasteiger partial charge on any atom is -0.297 e. The molecule has 0 aliphatic carbocycles. The molecule has 1 fully saturated rings. The molecule has 0 amide bonds. The zero-order valence-electron chi connectivity index (χ0n) is 13.2. The molecule has 0 saturated carbocycles. The largest absolute Gasteiger partial charge is 0.297 e. The number of likely N-dealkylation sites (tertiary alicyclic amines) is 1. The Morgan fingerprint density at radius 1 is 1.10 bits per heavy atom. The third-order valence-corrected chi connectivity index (χ3v) is 4.38. The van der Waals surface area contributed by atoms with Gasteiger partial charge in [0, 0.05) is 17.6 Å². The van der Waals surface area contributed by atoms with Crippen molar-refractivity contribution in [3.63, 3.8) is 0 Å². The molecule has 1 aliphatic heterocycles. The first kappa shape index (κ1) is 14.3. The Hall–Kier alpha value is -1.68. The maximum atomic E-state index is 4.44. The van der Waals surface area contributed by atoms with Crippen LogP contribution < -0.4 is 0 Å². The van der Waals surface area contributed by atoms with E-state index in [-0.39, 0.29) is 0 Å². The summed E-state index contributed by atoms with van der Waals surface area (Å²) < 4.78 is 1.99. The first-order valence-corrected chi connectivity index (χ1v) is 7.90. The van der Waals surface area contributed by atoms with Crippen molar-refractivity contribution in [2.45, 2.75) is 45.7 Å². The molecule has 0 N–H and O–H groups in total. The molecule has 1 atom stereocenters. The molecule has 112 valence electrons. The Labute approximate surface area is 126 Å². The van der Waals surface area contributed by atoms with Crippen molar-refractivity contribution in [2.75, 3.05) is 13.1 Å². The molecular weight excluding hydrogens is 260 g/mol. The normalized spacial score (nSPS) is 17.5. The molecule has 1 aliphatic rings. The van der Waals surface area contributed by atoms with Crippen LogP contribution in [0.2, 0.25) is 0 Å². The molecule has 4 heteroatoms. The van der Waals surface area contributed by atoms with Gasteiger partial charge < -0.3 is 0 Å². The highest BCUT2D eigenvalue weighted by atomic mass is 15.3. The predicted molar refractivity (Wildman–Crippen MR) is 85.1 cm³/mol. The minimum absolute atomic E-state index is 0.321. The minimum atomic E-state index is 0.321. The zero-order chi connectivity index (χ0) is 14.8. The topological polar surface area (TPSA) is 34.0 Å². The molecular formula is C17H24N4.